The number of ether oxygens (including phenoxy) is 1. The van der Waals surface area contributed by atoms with Crippen molar-refractivity contribution in [2.75, 3.05) is 52.7 Å². The maximum absolute atomic E-state index is 11.8. The van der Waals surface area contributed by atoms with Gasteiger partial charge in [0.05, 0.1) is 0 Å². The van der Waals surface area contributed by atoms with Crippen LogP contribution < -0.4 is 10.6 Å². The van der Waals surface area contributed by atoms with Gasteiger partial charge in [-0.2, -0.15) is 0 Å². The van der Waals surface area contributed by atoms with E-state index in [9.17, 15) is 4.79 Å². The van der Waals surface area contributed by atoms with Gasteiger partial charge in [0, 0.05) is 51.0 Å². The third-order valence-corrected chi connectivity index (χ3v) is 4.50. The van der Waals surface area contributed by atoms with Crippen molar-refractivity contribution in [1.82, 2.24) is 15.5 Å². The molecule has 27 heavy (non-hydrogen) atoms. The lowest BCUT2D eigenvalue weighted by Crippen LogP contribution is -2.40. The van der Waals surface area contributed by atoms with Crippen molar-refractivity contribution < 1.29 is 9.53 Å². The molecule has 0 radical (unpaired) electrons. The molecule has 0 aliphatic carbocycles. The first-order valence-electron chi connectivity index (χ1n) is 9.11. The molecule has 1 aromatic carbocycles. The summed E-state index contributed by atoms with van der Waals surface area (Å²) in [5, 5.41) is 6.60. The first kappa shape index (κ1) is 26.0. The van der Waals surface area contributed by atoms with Crippen molar-refractivity contribution >= 4 is 47.6 Å². The smallest absolute Gasteiger partial charge is 0.243 e. The van der Waals surface area contributed by atoms with E-state index in [-0.39, 0.29) is 36.4 Å². The normalized spacial score (nSPS) is 10.9. The van der Waals surface area contributed by atoms with E-state index in [0.29, 0.717) is 5.96 Å². The van der Waals surface area contributed by atoms with Gasteiger partial charge in [-0.3, -0.25) is 4.79 Å². The number of nitrogens with one attached hydrogen (secondary N) is 2. The summed E-state index contributed by atoms with van der Waals surface area (Å²) in [4.78, 5) is 18.9. The van der Waals surface area contributed by atoms with Gasteiger partial charge in [0.1, 0.15) is 6.54 Å². The first-order chi connectivity index (χ1) is 12.6. The summed E-state index contributed by atoms with van der Waals surface area (Å²) in [6.07, 6.45) is 2.01. The summed E-state index contributed by atoms with van der Waals surface area (Å²) >= 11 is 1.79. The van der Waals surface area contributed by atoms with E-state index < -0.39 is 0 Å². The highest BCUT2D eigenvalue weighted by atomic mass is 127. The maximum Gasteiger partial charge on any atom is 0.243 e. The predicted molar refractivity (Wildman–Crippen MR) is 125 cm³/mol. The van der Waals surface area contributed by atoms with Crippen LogP contribution in [-0.2, 0) is 9.53 Å². The van der Waals surface area contributed by atoms with Crippen LogP contribution in [0.2, 0.25) is 0 Å². The number of thioether (sulfide) groups is 1. The number of benzene rings is 1. The zero-order chi connectivity index (χ0) is 19.0. The predicted octanol–water partition coefficient (Wildman–Crippen LogP) is 2.84. The minimum atomic E-state index is -0.0129. The number of carbonyl (C=O) groups is 1. The molecule has 0 spiro atoms. The third-order valence-electron chi connectivity index (χ3n) is 3.49. The van der Waals surface area contributed by atoms with Crippen molar-refractivity contribution in [2.45, 2.75) is 24.7 Å². The number of likely N-dealkylation sites (N-methyl/N-ethyl adjacent to an activating group) is 1. The van der Waals surface area contributed by atoms with Gasteiger partial charge in [-0.1, -0.05) is 18.2 Å². The Balaban J connectivity index is 0.00000676. The fourth-order valence-electron chi connectivity index (χ4n) is 2.00. The maximum atomic E-state index is 11.8. The molecule has 0 aliphatic rings. The van der Waals surface area contributed by atoms with E-state index in [1.807, 2.05) is 25.1 Å². The zero-order valence-corrected chi connectivity index (χ0v) is 19.7. The van der Waals surface area contributed by atoms with Crippen molar-refractivity contribution in [3.05, 3.63) is 30.3 Å². The lowest BCUT2D eigenvalue weighted by atomic mass is 10.3. The Morgan fingerprint density at radius 1 is 1.15 bits per heavy atom. The van der Waals surface area contributed by atoms with Crippen molar-refractivity contribution in [2.24, 2.45) is 4.99 Å². The Labute approximate surface area is 184 Å². The summed E-state index contributed by atoms with van der Waals surface area (Å²) in [7, 11) is 3.48. The Bertz CT molecular complexity index is 530. The largest absolute Gasteiger partial charge is 0.382 e. The number of halogens is 1. The second kappa shape index (κ2) is 17.1. The molecule has 0 atom stereocenters. The molecule has 0 fully saturated rings. The minimum Gasteiger partial charge on any atom is -0.382 e. The number of hydrogen-bond acceptors (Lipinski definition) is 4. The van der Waals surface area contributed by atoms with Crippen LogP contribution in [0.15, 0.2) is 40.2 Å². The Hall–Kier alpha value is -1.000. The fraction of sp³-hybridized carbons (Fsp3) is 0.579. The van der Waals surface area contributed by atoms with Crippen LogP contribution in [0.5, 0.6) is 0 Å². The molecule has 0 saturated carbocycles. The first-order valence-corrected chi connectivity index (χ1v) is 10.1. The molecule has 6 nitrogen and oxygen atoms in total. The number of nitrogens with zero attached hydrogens (tertiary/aromatic N) is 2. The summed E-state index contributed by atoms with van der Waals surface area (Å²) < 4.78 is 5.34. The topological polar surface area (TPSA) is 66.0 Å². The Kier molecular flexibility index (Phi) is 16.5. The summed E-state index contributed by atoms with van der Waals surface area (Å²) in [5.74, 6) is 1.60. The molecule has 2 N–H and O–H groups in total. The molecule has 0 saturated heterocycles. The number of carbonyl (C=O) groups excluding carboxylic acids is 1. The van der Waals surface area contributed by atoms with E-state index in [1.165, 1.54) is 4.90 Å². The van der Waals surface area contributed by atoms with E-state index in [2.05, 4.69) is 27.8 Å². The van der Waals surface area contributed by atoms with Crippen molar-refractivity contribution in [3.63, 3.8) is 0 Å². The van der Waals surface area contributed by atoms with Gasteiger partial charge in [-0.05, 0) is 31.9 Å². The van der Waals surface area contributed by atoms with Crippen LogP contribution in [0, 0.1) is 0 Å². The average molecular weight is 508 g/mol. The Morgan fingerprint density at radius 3 is 2.52 bits per heavy atom. The van der Waals surface area contributed by atoms with Crippen molar-refractivity contribution in [3.8, 4) is 0 Å². The SMILES string of the molecule is CCOCCCCNC(=NCC(=O)N(C)C)NCCSc1ccccc1.I. The molecule has 8 heteroatoms. The summed E-state index contributed by atoms with van der Waals surface area (Å²) in [6, 6.07) is 10.3. The molecule has 0 bridgehead atoms. The molecule has 0 heterocycles. The van der Waals surface area contributed by atoms with E-state index >= 15 is 0 Å². The third kappa shape index (κ3) is 13.8. The summed E-state index contributed by atoms with van der Waals surface area (Å²) in [6.45, 7) is 5.27. The van der Waals surface area contributed by atoms with Gasteiger partial charge in [-0.25, -0.2) is 4.99 Å². The molecule has 0 unspecified atom stereocenters. The molecule has 0 aliphatic heterocycles. The molecule has 1 aromatic rings. The Morgan fingerprint density at radius 2 is 1.85 bits per heavy atom. The summed E-state index contributed by atoms with van der Waals surface area (Å²) in [5.41, 5.74) is 0. The number of rotatable bonds is 12. The van der Waals surface area contributed by atoms with Crippen LogP contribution in [0.4, 0.5) is 0 Å². The lowest BCUT2D eigenvalue weighted by molar-refractivity contribution is -0.127. The molecule has 154 valence electrons. The number of hydrogen-bond donors (Lipinski definition) is 2. The highest BCUT2D eigenvalue weighted by Crippen LogP contribution is 2.15. The van der Waals surface area contributed by atoms with Crippen molar-refractivity contribution in [1.29, 1.82) is 0 Å². The lowest BCUT2D eigenvalue weighted by Gasteiger charge is -2.14. The van der Waals surface area contributed by atoms with Gasteiger partial charge in [0.2, 0.25) is 5.91 Å². The molecular weight excluding hydrogens is 475 g/mol. The monoisotopic (exact) mass is 508 g/mol. The number of unbranched alkanes of at least 4 members (excludes halogenated alkanes) is 1. The van der Waals surface area contributed by atoms with E-state index in [4.69, 9.17) is 4.74 Å². The second-order valence-electron chi connectivity index (χ2n) is 5.87. The van der Waals surface area contributed by atoms with Crippen LogP contribution in [-0.4, -0.2) is 69.5 Å². The number of guanidine groups is 1. The van der Waals surface area contributed by atoms with Gasteiger partial charge in [0.25, 0.3) is 0 Å². The van der Waals surface area contributed by atoms with Gasteiger partial charge in [-0.15, -0.1) is 35.7 Å². The number of aliphatic imine (C=N–C) groups is 1. The quantitative estimate of drug-likeness (QED) is 0.150. The van der Waals surface area contributed by atoms with Gasteiger partial charge >= 0.3 is 0 Å². The van der Waals surface area contributed by atoms with Crippen LogP contribution in [0.25, 0.3) is 0 Å². The number of amides is 1. The molecule has 0 aromatic heterocycles. The standard InChI is InChI=1S/C19H32N4O2S.HI/c1-4-25-14-9-8-12-20-19(22-16-18(24)23(2)3)21-13-15-26-17-10-6-5-7-11-17;/h5-7,10-11H,4,8-9,12-16H2,1-3H3,(H2,20,21,22);1H. The van der Waals surface area contributed by atoms with Gasteiger partial charge < -0.3 is 20.3 Å². The average Bonchev–Trinajstić information content (AvgIpc) is 2.65. The van der Waals surface area contributed by atoms with Crippen LogP contribution in [0.3, 0.4) is 0 Å². The molecule has 1 rings (SSSR count). The second-order valence-corrected chi connectivity index (χ2v) is 7.04. The molecular formula is C19H33IN4O2S. The minimum absolute atomic E-state index is 0. The van der Waals surface area contributed by atoms with Gasteiger partial charge in [0.15, 0.2) is 5.96 Å². The van der Waals surface area contributed by atoms with E-state index in [1.54, 1.807) is 30.8 Å². The zero-order valence-electron chi connectivity index (χ0n) is 16.6. The van der Waals surface area contributed by atoms with Crippen LogP contribution >= 0.6 is 35.7 Å². The highest BCUT2D eigenvalue weighted by Gasteiger charge is 2.04. The highest BCUT2D eigenvalue weighted by molar-refractivity contribution is 14.0. The molecule has 1 amide bonds. The van der Waals surface area contributed by atoms with E-state index in [0.717, 1.165) is 44.9 Å². The van der Waals surface area contributed by atoms with Crippen LogP contribution in [0.1, 0.15) is 19.8 Å². The fourth-order valence-corrected chi connectivity index (χ4v) is 2.79.